The molecule has 1 aliphatic heterocycles. The standard InChI is InChI=1S/C26H23Cl2N5O3/c1-35-21-12-16(6-7-20(21)36-19-5-2-4-18(27)13-19)22-23(28)24(33-25(22)26(29)30-15-31-33)17-8-10-32(14-17)9-3-11-34/h2-7,9,11-13,15,17H,8,10,14H2,1H3,(H2,29,30,31). The zero-order valence-corrected chi connectivity index (χ0v) is 20.9. The lowest BCUT2D eigenvalue weighted by molar-refractivity contribution is -0.104. The molecule has 1 aliphatic rings. The van der Waals surface area contributed by atoms with Crippen molar-refractivity contribution in [1.29, 1.82) is 0 Å². The van der Waals surface area contributed by atoms with Crippen LogP contribution in [0.1, 0.15) is 18.0 Å². The first-order valence-electron chi connectivity index (χ1n) is 11.3. The number of methoxy groups -OCH3 is 1. The number of anilines is 1. The van der Waals surface area contributed by atoms with Crippen LogP contribution in [0.25, 0.3) is 16.6 Å². The molecule has 0 saturated carbocycles. The smallest absolute Gasteiger partial charge is 0.169 e. The Labute approximate surface area is 217 Å². The van der Waals surface area contributed by atoms with Gasteiger partial charge in [0.2, 0.25) is 0 Å². The summed E-state index contributed by atoms with van der Waals surface area (Å²) in [4.78, 5) is 17.0. The van der Waals surface area contributed by atoms with Crippen LogP contribution in [0.3, 0.4) is 0 Å². The minimum absolute atomic E-state index is 0.0942. The summed E-state index contributed by atoms with van der Waals surface area (Å²) in [5, 5.41) is 5.61. The number of aromatic nitrogens is 3. The average Bonchev–Trinajstić information content (AvgIpc) is 3.45. The molecule has 0 aliphatic carbocycles. The van der Waals surface area contributed by atoms with Crippen molar-refractivity contribution in [2.24, 2.45) is 0 Å². The highest BCUT2D eigenvalue weighted by molar-refractivity contribution is 6.35. The lowest BCUT2D eigenvalue weighted by Crippen LogP contribution is -2.14. The average molecular weight is 524 g/mol. The highest BCUT2D eigenvalue weighted by atomic mass is 35.5. The summed E-state index contributed by atoms with van der Waals surface area (Å²) >= 11 is 13.1. The van der Waals surface area contributed by atoms with Crippen LogP contribution in [0.5, 0.6) is 17.2 Å². The van der Waals surface area contributed by atoms with Gasteiger partial charge in [-0.2, -0.15) is 5.10 Å². The molecule has 1 saturated heterocycles. The summed E-state index contributed by atoms with van der Waals surface area (Å²) in [7, 11) is 1.58. The monoisotopic (exact) mass is 523 g/mol. The molecule has 1 unspecified atom stereocenters. The Morgan fingerprint density at radius 1 is 1.17 bits per heavy atom. The number of benzene rings is 2. The van der Waals surface area contributed by atoms with Gasteiger partial charge in [0, 0.05) is 35.8 Å². The van der Waals surface area contributed by atoms with E-state index in [1.54, 1.807) is 30.0 Å². The van der Waals surface area contributed by atoms with Crippen LogP contribution in [0.15, 0.2) is 61.1 Å². The summed E-state index contributed by atoms with van der Waals surface area (Å²) in [5.41, 5.74) is 9.32. The normalized spacial score (nSPS) is 15.6. The van der Waals surface area contributed by atoms with E-state index in [2.05, 4.69) is 15.0 Å². The summed E-state index contributed by atoms with van der Waals surface area (Å²) in [6.07, 6.45) is 6.34. The second-order valence-corrected chi connectivity index (χ2v) is 9.18. The Morgan fingerprint density at radius 2 is 2.03 bits per heavy atom. The zero-order valence-electron chi connectivity index (χ0n) is 19.4. The predicted octanol–water partition coefficient (Wildman–Crippen LogP) is 5.59. The Morgan fingerprint density at radius 3 is 2.81 bits per heavy atom. The van der Waals surface area contributed by atoms with Gasteiger partial charge >= 0.3 is 0 Å². The molecule has 8 nitrogen and oxygen atoms in total. The molecule has 0 spiro atoms. The molecular formula is C26H23Cl2N5O3. The maximum Gasteiger partial charge on any atom is 0.169 e. The van der Waals surface area contributed by atoms with Crippen molar-refractivity contribution < 1.29 is 14.3 Å². The molecule has 2 N–H and O–H groups in total. The van der Waals surface area contributed by atoms with Gasteiger partial charge in [-0.15, -0.1) is 0 Å². The molecule has 2 aromatic heterocycles. The second-order valence-electron chi connectivity index (χ2n) is 8.36. The van der Waals surface area contributed by atoms with E-state index in [-0.39, 0.29) is 5.92 Å². The molecule has 2 aromatic carbocycles. The number of likely N-dealkylation sites (tertiary alicyclic amines) is 1. The fraction of sp³-hybridized carbons (Fsp3) is 0.192. The van der Waals surface area contributed by atoms with E-state index in [1.807, 2.05) is 30.3 Å². The Kier molecular flexibility index (Phi) is 6.71. The van der Waals surface area contributed by atoms with Crippen molar-refractivity contribution in [3.8, 4) is 28.4 Å². The van der Waals surface area contributed by atoms with Crippen molar-refractivity contribution in [3.05, 3.63) is 76.8 Å². The summed E-state index contributed by atoms with van der Waals surface area (Å²) in [6.45, 7) is 1.51. The van der Waals surface area contributed by atoms with Crippen LogP contribution < -0.4 is 15.2 Å². The van der Waals surface area contributed by atoms with Gasteiger partial charge in [-0.25, -0.2) is 9.50 Å². The Hall–Kier alpha value is -3.75. The van der Waals surface area contributed by atoms with Crippen LogP contribution in [-0.2, 0) is 4.79 Å². The summed E-state index contributed by atoms with van der Waals surface area (Å²) in [5.74, 6) is 2.06. The van der Waals surface area contributed by atoms with Gasteiger partial charge in [0.05, 0.1) is 17.8 Å². The third-order valence-corrected chi connectivity index (χ3v) is 6.80. The van der Waals surface area contributed by atoms with E-state index >= 15 is 0 Å². The minimum atomic E-state index is 0.0942. The predicted molar refractivity (Wildman–Crippen MR) is 140 cm³/mol. The van der Waals surface area contributed by atoms with E-state index in [4.69, 9.17) is 38.4 Å². The molecule has 1 fully saturated rings. The first kappa shape index (κ1) is 24.0. The number of hydrogen-bond acceptors (Lipinski definition) is 7. The second kappa shape index (κ2) is 10.1. The summed E-state index contributed by atoms with van der Waals surface area (Å²) in [6, 6.07) is 12.7. The fourth-order valence-electron chi connectivity index (χ4n) is 4.59. The number of ether oxygens (including phenoxy) is 2. The van der Waals surface area contributed by atoms with Gasteiger partial charge in [0.25, 0.3) is 0 Å². The number of allylic oxidation sites excluding steroid dienone is 1. The molecule has 0 radical (unpaired) electrons. The van der Waals surface area contributed by atoms with Gasteiger partial charge in [0.15, 0.2) is 17.3 Å². The maximum absolute atomic E-state index is 10.7. The Bertz CT molecular complexity index is 1470. The van der Waals surface area contributed by atoms with Crippen molar-refractivity contribution in [2.75, 3.05) is 25.9 Å². The zero-order chi connectivity index (χ0) is 25.2. The molecule has 0 bridgehead atoms. The number of nitrogens with two attached hydrogens (primary N) is 1. The number of halogens is 2. The van der Waals surface area contributed by atoms with E-state index in [0.717, 1.165) is 36.1 Å². The molecule has 184 valence electrons. The molecule has 10 heteroatoms. The highest BCUT2D eigenvalue weighted by Crippen LogP contribution is 2.45. The molecule has 36 heavy (non-hydrogen) atoms. The van der Waals surface area contributed by atoms with Gasteiger partial charge < -0.3 is 20.1 Å². The number of rotatable bonds is 7. The molecule has 1 atom stereocenters. The SMILES string of the molecule is COc1cc(-c2c(Cl)c(C3CCN(C=CC=O)C3)n3ncnc(N)c23)ccc1Oc1cccc(Cl)c1. The van der Waals surface area contributed by atoms with Crippen LogP contribution in [-0.4, -0.2) is 46.0 Å². The first-order chi connectivity index (χ1) is 17.5. The summed E-state index contributed by atoms with van der Waals surface area (Å²) < 4.78 is 13.4. The van der Waals surface area contributed by atoms with E-state index < -0.39 is 0 Å². The number of fused-ring (bicyclic) bond motifs is 1. The minimum Gasteiger partial charge on any atom is -0.493 e. The van der Waals surface area contributed by atoms with Crippen molar-refractivity contribution >= 4 is 40.8 Å². The van der Waals surface area contributed by atoms with E-state index in [1.165, 1.54) is 12.4 Å². The largest absolute Gasteiger partial charge is 0.493 e. The van der Waals surface area contributed by atoms with Crippen LogP contribution >= 0.6 is 23.2 Å². The van der Waals surface area contributed by atoms with Crippen LogP contribution in [0, 0.1) is 0 Å². The van der Waals surface area contributed by atoms with E-state index in [0.29, 0.717) is 45.2 Å². The van der Waals surface area contributed by atoms with E-state index in [9.17, 15) is 4.79 Å². The van der Waals surface area contributed by atoms with Gasteiger partial charge in [-0.05, 0) is 48.4 Å². The molecule has 0 amide bonds. The maximum atomic E-state index is 10.7. The van der Waals surface area contributed by atoms with Gasteiger partial charge in [-0.1, -0.05) is 35.3 Å². The number of nitrogen functional groups attached to an aromatic ring is 1. The molecule has 5 rings (SSSR count). The van der Waals surface area contributed by atoms with Crippen LogP contribution in [0.2, 0.25) is 10.0 Å². The van der Waals surface area contributed by atoms with Crippen molar-refractivity contribution in [3.63, 3.8) is 0 Å². The first-order valence-corrected chi connectivity index (χ1v) is 12.0. The third kappa shape index (κ3) is 4.45. The van der Waals surface area contributed by atoms with Crippen molar-refractivity contribution in [2.45, 2.75) is 12.3 Å². The lowest BCUT2D eigenvalue weighted by atomic mass is 10.0. The molecular weight excluding hydrogens is 501 g/mol. The molecule has 4 aromatic rings. The number of hydrogen-bond donors (Lipinski definition) is 1. The van der Waals surface area contributed by atoms with Gasteiger partial charge in [0.1, 0.15) is 23.9 Å². The lowest BCUT2D eigenvalue weighted by Gasteiger charge is -2.13. The highest BCUT2D eigenvalue weighted by Gasteiger charge is 2.31. The fourth-order valence-corrected chi connectivity index (χ4v) is 5.21. The number of nitrogens with zero attached hydrogens (tertiary/aromatic N) is 4. The van der Waals surface area contributed by atoms with Crippen LogP contribution in [0.4, 0.5) is 5.82 Å². The number of aldehydes is 1. The van der Waals surface area contributed by atoms with Gasteiger partial charge in [-0.3, -0.25) is 4.79 Å². The Balaban J connectivity index is 1.58. The molecule has 3 heterocycles. The number of carbonyl (C=O) groups is 1. The van der Waals surface area contributed by atoms with Crippen molar-refractivity contribution in [1.82, 2.24) is 19.5 Å². The topological polar surface area (TPSA) is 95.0 Å². The quantitative estimate of drug-likeness (QED) is 0.249. The number of carbonyl (C=O) groups excluding carboxylic acids is 1. The third-order valence-electron chi connectivity index (χ3n) is 6.19.